The Morgan fingerprint density at radius 3 is 2.64 bits per heavy atom. The van der Waals surface area contributed by atoms with Crippen molar-refractivity contribution in [2.24, 2.45) is 5.41 Å². The zero-order valence-electron chi connectivity index (χ0n) is 16.3. The molecule has 1 atom stereocenters. The second-order valence-corrected chi connectivity index (χ2v) is 9.62. The molecule has 1 aromatic rings. The van der Waals surface area contributed by atoms with Crippen LogP contribution in [-0.4, -0.2) is 54.6 Å². The molecule has 1 aromatic heterocycles. The molecule has 28 heavy (non-hydrogen) atoms. The molecule has 0 unspecified atom stereocenters. The van der Waals surface area contributed by atoms with Crippen molar-refractivity contribution in [2.75, 3.05) is 13.1 Å². The first-order valence-electron chi connectivity index (χ1n) is 9.05. The molecule has 154 valence electrons. The molecule has 2 heterocycles. The molecule has 1 fully saturated rings. The van der Waals surface area contributed by atoms with E-state index >= 15 is 0 Å². The number of carbonyl (C=O) groups is 3. The van der Waals surface area contributed by atoms with E-state index < -0.39 is 39.2 Å². The lowest BCUT2D eigenvalue weighted by Crippen LogP contribution is -2.54. The summed E-state index contributed by atoms with van der Waals surface area (Å²) < 4.78 is 26.7. The monoisotopic (exact) mass is 410 g/mol. The van der Waals surface area contributed by atoms with Crippen LogP contribution in [0.15, 0.2) is 29.4 Å². The third kappa shape index (κ3) is 5.59. The lowest BCUT2D eigenvalue weighted by molar-refractivity contribution is -0.123. The van der Waals surface area contributed by atoms with Gasteiger partial charge in [-0.05, 0) is 36.9 Å². The van der Waals surface area contributed by atoms with E-state index in [2.05, 4.69) is 15.6 Å². The van der Waals surface area contributed by atoms with Gasteiger partial charge in [-0.25, -0.2) is 14.1 Å². The van der Waals surface area contributed by atoms with Gasteiger partial charge in [-0.3, -0.25) is 14.9 Å². The predicted molar refractivity (Wildman–Crippen MR) is 102 cm³/mol. The van der Waals surface area contributed by atoms with Crippen LogP contribution in [0.2, 0.25) is 0 Å². The van der Waals surface area contributed by atoms with E-state index in [1.54, 1.807) is 0 Å². The summed E-state index contributed by atoms with van der Waals surface area (Å²) in [5, 5.41) is 4.66. The molecule has 10 heteroatoms. The van der Waals surface area contributed by atoms with E-state index in [-0.39, 0.29) is 24.4 Å². The van der Waals surface area contributed by atoms with Crippen molar-refractivity contribution in [3.05, 3.63) is 24.4 Å². The van der Waals surface area contributed by atoms with Crippen LogP contribution in [0.3, 0.4) is 0 Å². The Kier molecular flexibility index (Phi) is 6.89. The van der Waals surface area contributed by atoms with Gasteiger partial charge in [-0.1, -0.05) is 26.8 Å². The molecule has 0 saturated carbocycles. The fourth-order valence-corrected chi connectivity index (χ4v) is 4.35. The van der Waals surface area contributed by atoms with Crippen molar-refractivity contribution in [1.82, 2.24) is 19.9 Å². The number of carbonyl (C=O) groups excluding carboxylic acids is 3. The number of imide groups is 1. The molecule has 2 rings (SSSR count). The fourth-order valence-electron chi connectivity index (χ4n) is 2.88. The number of Topliss-reactive ketones (excluding diaryl/α,β-unsaturated/α-hetero) is 1. The highest BCUT2D eigenvalue weighted by Gasteiger charge is 2.41. The largest absolute Gasteiger partial charge is 0.338 e. The number of nitrogens with one attached hydrogen (secondary N) is 2. The first-order chi connectivity index (χ1) is 13.0. The molecule has 9 nitrogen and oxygen atoms in total. The van der Waals surface area contributed by atoms with E-state index in [4.69, 9.17) is 0 Å². The minimum absolute atomic E-state index is 0.0242. The number of hydrogen-bond acceptors (Lipinski definition) is 7. The third-order valence-corrected chi connectivity index (χ3v) is 5.79. The number of aromatic nitrogens is 1. The van der Waals surface area contributed by atoms with Gasteiger partial charge in [0.05, 0.1) is 6.54 Å². The van der Waals surface area contributed by atoms with Crippen molar-refractivity contribution in [3.8, 4) is 0 Å². The van der Waals surface area contributed by atoms with Gasteiger partial charge >= 0.3 is 6.03 Å². The van der Waals surface area contributed by atoms with Gasteiger partial charge in [0.25, 0.3) is 10.0 Å². The average molecular weight is 410 g/mol. The van der Waals surface area contributed by atoms with Crippen molar-refractivity contribution in [1.29, 1.82) is 0 Å². The Bertz CT molecular complexity index is 833. The summed E-state index contributed by atoms with van der Waals surface area (Å²) in [4.78, 5) is 41.3. The van der Waals surface area contributed by atoms with E-state index in [9.17, 15) is 22.8 Å². The molecule has 1 saturated heterocycles. The van der Waals surface area contributed by atoms with Gasteiger partial charge in [0.15, 0.2) is 10.8 Å². The minimum atomic E-state index is -4.43. The van der Waals surface area contributed by atoms with Crippen LogP contribution in [0, 0.1) is 5.41 Å². The summed E-state index contributed by atoms with van der Waals surface area (Å²) in [6.07, 6.45) is 1.98. The second-order valence-electron chi connectivity index (χ2n) is 7.86. The lowest BCUT2D eigenvalue weighted by atomic mass is 9.92. The van der Waals surface area contributed by atoms with E-state index in [1.165, 1.54) is 24.4 Å². The Morgan fingerprint density at radius 2 is 2.04 bits per heavy atom. The molecule has 1 aliphatic heterocycles. The summed E-state index contributed by atoms with van der Waals surface area (Å²) in [6.45, 7) is 5.94. The van der Waals surface area contributed by atoms with E-state index in [0.717, 1.165) is 0 Å². The number of nitrogens with zero attached hydrogens (tertiary/aromatic N) is 2. The van der Waals surface area contributed by atoms with Crippen LogP contribution in [0.5, 0.6) is 0 Å². The van der Waals surface area contributed by atoms with Crippen LogP contribution in [0.4, 0.5) is 4.79 Å². The quantitative estimate of drug-likeness (QED) is 0.760. The number of amides is 3. The third-order valence-electron chi connectivity index (χ3n) is 4.08. The lowest BCUT2D eigenvalue weighted by Gasteiger charge is -2.29. The van der Waals surface area contributed by atoms with Crippen LogP contribution >= 0.6 is 0 Å². The molecule has 0 spiro atoms. The minimum Gasteiger partial charge on any atom is -0.310 e. The van der Waals surface area contributed by atoms with Crippen LogP contribution in [0.25, 0.3) is 0 Å². The first-order valence-corrected chi connectivity index (χ1v) is 10.5. The van der Waals surface area contributed by atoms with Gasteiger partial charge < -0.3 is 5.32 Å². The van der Waals surface area contributed by atoms with Gasteiger partial charge in [-0.2, -0.15) is 8.42 Å². The van der Waals surface area contributed by atoms with E-state index in [1.807, 2.05) is 20.8 Å². The summed E-state index contributed by atoms with van der Waals surface area (Å²) in [7, 11) is -4.43. The van der Waals surface area contributed by atoms with Crippen molar-refractivity contribution >= 4 is 27.7 Å². The summed E-state index contributed by atoms with van der Waals surface area (Å²) >= 11 is 0. The Balaban J connectivity index is 2.40. The number of hydrogen-bond donors (Lipinski definition) is 2. The average Bonchev–Trinajstić information content (AvgIpc) is 2.79. The van der Waals surface area contributed by atoms with Crippen LogP contribution in [0.1, 0.15) is 40.0 Å². The maximum Gasteiger partial charge on any atom is 0.338 e. The molecule has 0 bridgehead atoms. The van der Waals surface area contributed by atoms with Crippen LogP contribution in [-0.2, 0) is 19.6 Å². The van der Waals surface area contributed by atoms with Gasteiger partial charge in [0, 0.05) is 12.6 Å². The van der Waals surface area contributed by atoms with Crippen molar-refractivity contribution in [3.63, 3.8) is 0 Å². The maximum atomic E-state index is 13.1. The maximum absolute atomic E-state index is 13.1. The number of sulfonamides is 1. The normalized spacial score (nSPS) is 18.2. The molecular formula is C18H26N4O5S. The number of urea groups is 1. The predicted octanol–water partition coefficient (Wildman–Crippen LogP) is 1.07. The molecule has 1 aliphatic rings. The zero-order valence-corrected chi connectivity index (χ0v) is 17.1. The van der Waals surface area contributed by atoms with Crippen molar-refractivity contribution < 1.29 is 22.8 Å². The Hall–Kier alpha value is -2.33. The first kappa shape index (κ1) is 22.0. The zero-order chi connectivity index (χ0) is 20.9. The summed E-state index contributed by atoms with van der Waals surface area (Å²) in [6, 6.07) is 1.91. The molecule has 0 radical (unpaired) electrons. The Morgan fingerprint density at radius 1 is 1.32 bits per heavy atom. The highest BCUT2D eigenvalue weighted by atomic mass is 32.2. The second kappa shape index (κ2) is 8.78. The molecular weight excluding hydrogens is 384 g/mol. The molecule has 3 amide bonds. The number of ketones is 1. The van der Waals surface area contributed by atoms with E-state index in [0.29, 0.717) is 17.3 Å². The molecule has 2 N–H and O–H groups in total. The van der Waals surface area contributed by atoms with Gasteiger partial charge in [0.1, 0.15) is 6.04 Å². The summed E-state index contributed by atoms with van der Waals surface area (Å²) in [5.74, 6) is -1.05. The number of rotatable bonds is 4. The highest BCUT2D eigenvalue weighted by Crippen LogP contribution is 2.22. The topological polar surface area (TPSA) is 126 Å². The van der Waals surface area contributed by atoms with Crippen LogP contribution < -0.4 is 10.6 Å². The summed E-state index contributed by atoms with van der Waals surface area (Å²) in [5.41, 5.74) is -0.392. The fraction of sp³-hybridized carbons (Fsp3) is 0.556. The standard InChI is InChI=1S/C18H26N4O5S/c1-18(2,3)11-15(24)21-17(25)22(13-7-6-9-19-12-14(13)23)28(26,27)16-8-4-5-10-20-16/h4-5,8,10,13,19H,6-7,9,11-12H2,1-3H3,(H,21,24,25)/t13-/m0/s1. The molecule has 0 aliphatic carbocycles. The molecule has 0 aromatic carbocycles. The van der Waals surface area contributed by atoms with Gasteiger partial charge in [-0.15, -0.1) is 0 Å². The SMILES string of the molecule is CC(C)(C)CC(=O)NC(=O)N([C@H]1CCCNCC1=O)S(=O)(=O)c1ccccn1. The number of pyridine rings is 1. The Labute approximate surface area is 164 Å². The highest BCUT2D eigenvalue weighted by molar-refractivity contribution is 7.89. The van der Waals surface area contributed by atoms with Crippen molar-refractivity contribution in [2.45, 2.75) is 51.1 Å². The smallest absolute Gasteiger partial charge is 0.310 e. The van der Waals surface area contributed by atoms with Gasteiger partial charge in [0.2, 0.25) is 5.91 Å².